The fourth-order valence-corrected chi connectivity index (χ4v) is 1.21. The minimum atomic E-state index is 0.274. The predicted molar refractivity (Wildman–Crippen MR) is 72.1 cm³/mol. The lowest BCUT2D eigenvalue weighted by Gasteiger charge is -2.23. The number of aromatic nitrogens is 2. The summed E-state index contributed by atoms with van der Waals surface area (Å²) >= 11 is 0. The average molecular weight is 237 g/mol. The number of rotatable bonds is 7. The van der Waals surface area contributed by atoms with Crippen molar-refractivity contribution in [2.75, 3.05) is 30.3 Å². The summed E-state index contributed by atoms with van der Waals surface area (Å²) in [7, 11) is 0. The molecule has 0 aliphatic heterocycles. The summed E-state index contributed by atoms with van der Waals surface area (Å²) in [4.78, 5) is 8.32. The molecular formula is C12H23N5. The van der Waals surface area contributed by atoms with Crippen molar-refractivity contribution in [3.05, 3.63) is 12.4 Å². The van der Waals surface area contributed by atoms with Crippen LogP contribution in [-0.2, 0) is 0 Å². The summed E-state index contributed by atoms with van der Waals surface area (Å²) in [6, 6.07) is 1.90. The molecule has 5 heteroatoms. The number of hydrogen-bond acceptors (Lipinski definition) is 5. The van der Waals surface area contributed by atoms with Crippen molar-refractivity contribution < 1.29 is 0 Å². The van der Waals surface area contributed by atoms with Gasteiger partial charge in [-0.05, 0) is 11.8 Å². The van der Waals surface area contributed by atoms with Gasteiger partial charge in [0.1, 0.15) is 18.0 Å². The summed E-state index contributed by atoms with van der Waals surface area (Å²) in [5.74, 6) is 1.66. The highest BCUT2D eigenvalue weighted by atomic mass is 15.1. The molecule has 1 rings (SSSR count). The lowest BCUT2D eigenvalue weighted by Crippen LogP contribution is -2.22. The van der Waals surface area contributed by atoms with Gasteiger partial charge in [-0.2, -0.15) is 0 Å². The third-order valence-electron chi connectivity index (χ3n) is 2.82. The molecule has 17 heavy (non-hydrogen) atoms. The Labute approximate surface area is 103 Å². The molecule has 0 unspecified atom stereocenters. The first-order valence-electron chi connectivity index (χ1n) is 6.07. The summed E-state index contributed by atoms with van der Waals surface area (Å²) in [5.41, 5.74) is 5.70. The first kappa shape index (κ1) is 13.7. The molecule has 0 saturated carbocycles. The maximum absolute atomic E-state index is 5.43. The summed E-state index contributed by atoms with van der Waals surface area (Å²) in [6.07, 6.45) is 2.68. The van der Waals surface area contributed by atoms with Gasteiger partial charge in [-0.3, -0.25) is 0 Å². The minimum Gasteiger partial charge on any atom is -0.369 e. The molecule has 4 N–H and O–H groups in total. The highest BCUT2D eigenvalue weighted by Crippen LogP contribution is 2.20. The van der Waals surface area contributed by atoms with Crippen molar-refractivity contribution >= 4 is 11.6 Å². The summed E-state index contributed by atoms with van der Waals surface area (Å²) in [5, 5.41) is 6.46. The normalized spacial score (nSPS) is 11.3. The average Bonchev–Trinajstić information content (AvgIpc) is 2.35. The quantitative estimate of drug-likeness (QED) is 0.673. The molecule has 1 aromatic heterocycles. The van der Waals surface area contributed by atoms with Gasteiger partial charge < -0.3 is 16.4 Å². The lowest BCUT2D eigenvalue weighted by atomic mass is 9.90. The van der Waals surface area contributed by atoms with Gasteiger partial charge in [0.05, 0.1) is 0 Å². The van der Waals surface area contributed by atoms with Crippen molar-refractivity contribution in [2.24, 2.45) is 11.1 Å². The zero-order chi connectivity index (χ0) is 12.7. The van der Waals surface area contributed by atoms with Crippen LogP contribution in [0.15, 0.2) is 12.4 Å². The molecule has 0 bridgehead atoms. The Morgan fingerprint density at radius 1 is 1.24 bits per heavy atom. The maximum Gasteiger partial charge on any atom is 0.131 e. The van der Waals surface area contributed by atoms with E-state index >= 15 is 0 Å². The third kappa shape index (κ3) is 4.99. The van der Waals surface area contributed by atoms with Crippen LogP contribution in [0.3, 0.4) is 0 Å². The minimum absolute atomic E-state index is 0.274. The van der Waals surface area contributed by atoms with E-state index < -0.39 is 0 Å². The topological polar surface area (TPSA) is 75.9 Å². The predicted octanol–water partition coefficient (Wildman–Crippen LogP) is 1.70. The van der Waals surface area contributed by atoms with E-state index in [9.17, 15) is 0 Å². The second-order valence-corrected chi connectivity index (χ2v) is 4.88. The van der Waals surface area contributed by atoms with Gasteiger partial charge in [-0.1, -0.05) is 20.8 Å². The Hall–Kier alpha value is -1.36. The molecule has 0 spiro atoms. The molecule has 5 nitrogen and oxygen atoms in total. The van der Waals surface area contributed by atoms with Crippen LogP contribution >= 0.6 is 0 Å². The van der Waals surface area contributed by atoms with E-state index in [0.29, 0.717) is 6.54 Å². The molecule has 1 aromatic rings. The van der Waals surface area contributed by atoms with Gasteiger partial charge in [-0.15, -0.1) is 0 Å². The van der Waals surface area contributed by atoms with E-state index in [-0.39, 0.29) is 5.41 Å². The van der Waals surface area contributed by atoms with Gasteiger partial charge in [0, 0.05) is 25.7 Å². The highest BCUT2D eigenvalue weighted by Gasteiger charge is 2.14. The van der Waals surface area contributed by atoms with Crippen LogP contribution in [0.5, 0.6) is 0 Å². The van der Waals surface area contributed by atoms with Gasteiger partial charge in [-0.25, -0.2) is 9.97 Å². The smallest absolute Gasteiger partial charge is 0.131 e. The maximum atomic E-state index is 5.43. The van der Waals surface area contributed by atoms with Crippen LogP contribution in [0.2, 0.25) is 0 Å². The zero-order valence-electron chi connectivity index (χ0n) is 11.0. The molecule has 0 fully saturated rings. The molecule has 96 valence electrons. The van der Waals surface area contributed by atoms with Crippen LogP contribution in [0, 0.1) is 5.41 Å². The SMILES string of the molecule is CCC(C)(C)CNc1cc(NCCN)ncn1. The largest absolute Gasteiger partial charge is 0.369 e. The number of hydrogen-bond donors (Lipinski definition) is 3. The second kappa shape index (κ2) is 6.39. The highest BCUT2D eigenvalue weighted by molar-refractivity contribution is 5.46. The van der Waals surface area contributed by atoms with Crippen molar-refractivity contribution in [3.63, 3.8) is 0 Å². The Bertz CT molecular complexity index is 337. The number of anilines is 2. The van der Waals surface area contributed by atoms with Crippen LogP contribution in [0.1, 0.15) is 27.2 Å². The molecule has 0 radical (unpaired) electrons. The van der Waals surface area contributed by atoms with E-state index in [0.717, 1.165) is 31.1 Å². The monoisotopic (exact) mass is 237 g/mol. The van der Waals surface area contributed by atoms with Crippen molar-refractivity contribution in [3.8, 4) is 0 Å². The fraction of sp³-hybridized carbons (Fsp3) is 0.667. The van der Waals surface area contributed by atoms with E-state index in [1.165, 1.54) is 0 Å². The summed E-state index contributed by atoms with van der Waals surface area (Å²) < 4.78 is 0. The van der Waals surface area contributed by atoms with Gasteiger partial charge in [0.25, 0.3) is 0 Å². The van der Waals surface area contributed by atoms with Gasteiger partial charge >= 0.3 is 0 Å². The molecule has 0 aliphatic carbocycles. The fourth-order valence-electron chi connectivity index (χ4n) is 1.21. The Balaban J connectivity index is 2.53. The van der Waals surface area contributed by atoms with E-state index in [1.54, 1.807) is 6.33 Å². The first-order chi connectivity index (χ1) is 8.07. The Morgan fingerprint density at radius 3 is 2.47 bits per heavy atom. The number of nitrogens with two attached hydrogens (primary N) is 1. The van der Waals surface area contributed by atoms with Crippen molar-refractivity contribution in [1.29, 1.82) is 0 Å². The Morgan fingerprint density at radius 2 is 1.88 bits per heavy atom. The van der Waals surface area contributed by atoms with E-state index in [2.05, 4.69) is 41.4 Å². The first-order valence-corrected chi connectivity index (χ1v) is 6.07. The van der Waals surface area contributed by atoms with E-state index in [1.807, 2.05) is 6.07 Å². The van der Waals surface area contributed by atoms with Gasteiger partial charge in [0.2, 0.25) is 0 Å². The van der Waals surface area contributed by atoms with Crippen LogP contribution < -0.4 is 16.4 Å². The van der Waals surface area contributed by atoms with Crippen LogP contribution in [0.4, 0.5) is 11.6 Å². The van der Waals surface area contributed by atoms with E-state index in [4.69, 9.17) is 5.73 Å². The molecule has 1 heterocycles. The molecule has 0 atom stereocenters. The Kier molecular flexibility index (Phi) is 5.15. The molecule has 0 aliphatic rings. The number of nitrogens with zero attached hydrogens (tertiary/aromatic N) is 2. The standard InChI is InChI=1S/C12H23N5/c1-4-12(2,3)8-15-11-7-10(14-6-5-13)16-9-17-11/h7,9H,4-6,8,13H2,1-3H3,(H2,14,15,16,17). The molecule has 0 saturated heterocycles. The lowest BCUT2D eigenvalue weighted by molar-refractivity contribution is 0.376. The molecule has 0 aromatic carbocycles. The van der Waals surface area contributed by atoms with Crippen molar-refractivity contribution in [1.82, 2.24) is 9.97 Å². The molecule has 0 amide bonds. The third-order valence-corrected chi connectivity index (χ3v) is 2.82. The number of nitrogens with one attached hydrogen (secondary N) is 2. The van der Waals surface area contributed by atoms with Crippen LogP contribution in [-0.4, -0.2) is 29.6 Å². The summed E-state index contributed by atoms with van der Waals surface area (Å²) in [6.45, 7) is 8.86. The van der Waals surface area contributed by atoms with Crippen molar-refractivity contribution in [2.45, 2.75) is 27.2 Å². The van der Waals surface area contributed by atoms with Gasteiger partial charge in [0.15, 0.2) is 0 Å². The second-order valence-electron chi connectivity index (χ2n) is 4.88. The zero-order valence-corrected chi connectivity index (χ0v) is 11.0. The molecular weight excluding hydrogens is 214 g/mol. The van der Waals surface area contributed by atoms with Crippen LogP contribution in [0.25, 0.3) is 0 Å².